The Morgan fingerprint density at radius 2 is 1.83 bits per heavy atom. The van der Waals surface area contributed by atoms with Gasteiger partial charge in [0.1, 0.15) is 6.04 Å². The van der Waals surface area contributed by atoms with Gasteiger partial charge in [0.15, 0.2) is 0 Å². The number of hydrogen-bond acceptors (Lipinski definition) is 4. The van der Waals surface area contributed by atoms with E-state index in [9.17, 15) is 22.0 Å². The Kier molecular flexibility index (Phi) is 6.33. The van der Waals surface area contributed by atoms with Crippen LogP contribution in [-0.2, 0) is 14.8 Å². The molecule has 9 heteroatoms. The van der Waals surface area contributed by atoms with E-state index >= 15 is 0 Å². The Bertz CT molecular complexity index is 507. The largest absolute Gasteiger partial charge is 0.339 e. The van der Waals surface area contributed by atoms with Crippen LogP contribution < -0.4 is 0 Å². The average molecular weight is 353 g/mol. The maximum Gasteiger partial charge on any atom is 0.251 e. The summed E-state index contributed by atoms with van der Waals surface area (Å²) in [4.78, 5) is 15.9. The molecule has 0 aliphatic carbocycles. The predicted molar refractivity (Wildman–Crippen MR) is 82.8 cm³/mol. The van der Waals surface area contributed by atoms with Crippen molar-refractivity contribution in [2.24, 2.45) is 0 Å². The van der Waals surface area contributed by atoms with E-state index in [1.54, 1.807) is 16.7 Å². The fourth-order valence-corrected chi connectivity index (χ4v) is 4.99. The van der Waals surface area contributed by atoms with E-state index in [-0.39, 0.29) is 18.2 Å². The maximum absolute atomic E-state index is 12.6. The molecule has 134 valence electrons. The number of rotatable bonds is 6. The standard InChI is InChI=1S/C14H25F2N3O3S/c1-2-10-23(21,22)19-5-3-4-12(19)14(20)18-8-6-17(7-9-18)11-13(15)16/h12-13H,2-11H2,1H3. The lowest BCUT2D eigenvalue weighted by molar-refractivity contribution is -0.136. The summed E-state index contributed by atoms with van der Waals surface area (Å²) >= 11 is 0. The lowest BCUT2D eigenvalue weighted by Crippen LogP contribution is -2.55. The molecule has 0 saturated carbocycles. The number of nitrogens with zero attached hydrogens (tertiary/aromatic N) is 3. The first-order valence-corrected chi connectivity index (χ1v) is 9.75. The zero-order chi connectivity index (χ0) is 17.0. The predicted octanol–water partition coefficient (Wildman–Crippen LogP) is 0.600. The van der Waals surface area contributed by atoms with Gasteiger partial charge in [0.25, 0.3) is 6.43 Å². The molecule has 0 N–H and O–H groups in total. The van der Waals surface area contributed by atoms with E-state index < -0.39 is 22.5 Å². The quantitative estimate of drug-likeness (QED) is 0.702. The molecule has 0 aromatic rings. The molecule has 1 amide bonds. The molecule has 0 radical (unpaired) electrons. The van der Waals surface area contributed by atoms with Crippen LogP contribution in [-0.4, -0.2) is 85.9 Å². The molecule has 2 aliphatic heterocycles. The van der Waals surface area contributed by atoms with Crippen LogP contribution in [0.25, 0.3) is 0 Å². The number of alkyl halides is 2. The summed E-state index contributed by atoms with van der Waals surface area (Å²) in [5.74, 6) is -0.127. The fourth-order valence-electron chi connectivity index (χ4n) is 3.25. The number of sulfonamides is 1. The first-order chi connectivity index (χ1) is 10.8. The van der Waals surface area contributed by atoms with Crippen molar-refractivity contribution in [3.8, 4) is 0 Å². The van der Waals surface area contributed by atoms with Gasteiger partial charge in [-0.2, -0.15) is 4.31 Å². The average Bonchev–Trinajstić information content (AvgIpc) is 2.97. The Morgan fingerprint density at radius 3 is 2.39 bits per heavy atom. The van der Waals surface area contributed by atoms with E-state index in [0.29, 0.717) is 52.0 Å². The molecule has 2 aliphatic rings. The lowest BCUT2D eigenvalue weighted by atomic mass is 10.2. The SMILES string of the molecule is CCCS(=O)(=O)N1CCCC1C(=O)N1CCN(CC(F)F)CC1. The third-order valence-electron chi connectivity index (χ3n) is 4.39. The van der Waals surface area contributed by atoms with Crippen molar-refractivity contribution in [1.82, 2.24) is 14.1 Å². The van der Waals surface area contributed by atoms with Crippen LogP contribution >= 0.6 is 0 Å². The fraction of sp³-hybridized carbons (Fsp3) is 0.929. The summed E-state index contributed by atoms with van der Waals surface area (Å²) in [7, 11) is -3.39. The van der Waals surface area contributed by atoms with Gasteiger partial charge in [0, 0.05) is 32.7 Å². The van der Waals surface area contributed by atoms with Gasteiger partial charge >= 0.3 is 0 Å². The first kappa shape index (κ1) is 18.5. The van der Waals surface area contributed by atoms with Gasteiger partial charge in [0.2, 0.25) is 15.9 Å². The summed E-state index contributed by atoms with van der Waals surface area (Å²) in [6.45, 7) is 3.49. The molecule has 23 heavy (non-hydrogen) atoms. The molecule has 6 nitrogen and oxygen atoms in total. The normalized spacial score (nSPS) is 24.5. The number of hydrogen-bond donors (Lipinski definition) is 0. The second-order valence-corrected chi connectivity index (χ2v) is 8.14. The zero-order valence-electron chi connectivity index (χ0n) is 13.5. The summed E-state index contributed by atoms with van der Waals surface area (Å²) in [6, 6.07) is -0.617. The van der Waals surface area contributed by atoms with Crippen molar-refractivity contribution in [3.63, 3.8) is 0 Å². The second kappa shape index (κ2) is 7.85. The van der Waals surface area contributed by atoms with Crippen LogP contribution in [0.4, 0.5) is 8.78 Å². The highest BCUT2D eigenvalue weighted by molar-refractivity contribution is 7.89. The van der Waals surface area contributed by atoms with Crippen LogP contribution in [0.2, 0.25) is 0 Å². The summed E-state index contributed by atoms with van der Waals surface area (Å²) < 4.78 is 50.6. The third kappa shape index (κ3) is 4.60. The van der Waals surface area contributed by atoms with Crippen molar-refractivity contribution < 1.29 is 22.0 Å². The minimum atomic E-state index is -3.39. The Balaban J connectivity index is 1.95. The van der Waals surface area contributed by atoms with E-state index in [4.69, 9.17) is 0 Å². The van der Waals surface area contributed by atoms with Gasteiger partial charge in [-0.1, -0.05) is 6.92 Å². The Morgan fingerprint density at radius 1 is 1.17 bits per heavy atom. The van der Waals surface area contributed by atoms with E-state index in [1.807, 2.05) is 0 Å². The van der Waals surface area contributed by atoms with Crippen LogP contribution in [0, 0.1) is 0 Å². The summed E-state index contributed by atoms with van der Waals surface area (Å²) in [6.07, 6.45) is -0.628. The summed E-state index contributed by atoms with van der Waals surface area (Å²) in [5, 5.41) is 0. The summed E-state index contributed by atoms with van der Waals surface area (Å²) in [5.41, 5.74) is 0. The van der Waals surface area contributed by atoms with Crippen molar-refractivity contribution in [2.75, 3.05) is 45.0 Å². The molecule has 1 atom stereocenters. The Labute approximate surface area is 136 Å². The highest BCUT2D eigenvalue weighted by atomic mass is 32.2. The zero-order valence-corrected chi connectivity index (χ0v) is 14.3. The second-order valence-electron chi connectivity index (χ2n) is 6.10. The molecule has 1 unspecified atom stereocenters. The van der Waals surface area contributed by atoms with E-state index in [0.717, 1.165) is 0 Å². The molecule has 0 spiro atoms. The number of halogens is 2. The van der Waals surface area contributed by atoms with Crippen molar-refractivity contribution in [1.29, 1.82) is 0 Å². The number of carbonyl (C=O) groups excluding carboxylic acids is 1. The van der Waals surface area contributed by atoms with Crippen LogP contribution in [0.1, 0.15) is 26.2 Å². The van der Waals surface area contributed by atoms with Gasteiger partial charge in [-0.15, -0.1) is 0 Å². The van der Waals surface area contributed by atoms with E-state index in [2.05, 4.69) is 0 Å². The van der Waals surface area contributed by atoms with E-state index in [1.165, 1.54) is 4.31 Å². The topological polar surface area (TPSA) is 60.9 Å². The molecule has 0 aromatic heterocycles. The van der Waals surface area contributed by atoms with Gasteiger partial charge in [-0.25, -0.2) is 17.2 Å². The molecule has 0 bridgehead atoms. The molecule has 2 heterocycles. The minimum Gasteiger partial charge on any atom is -0.339 e. The maximum atomic E-state index is 12.6. The molecule has 2 fully saturated rings. The van der Waals surface area contributed by atoms with Crippen molar-refractivity contribution in [2.45, 2.75) is 38.7 Å². The van der Waals surface area contributed by atoms with Gasteiger partial charge in [-0.05, 0) is 19.3 Å². The molecule has 2 rings (SSSR count). The van der Waals surface area contributed by atoms with Crippen molar-refractivity contribution >= 4 is 15.9 Å². The number of carbonyl (C=O) groups is 1. The monoisotopic (exact) mass is 353 g/mol. The molecule has 0 aromatic carbocycles. The lowest BCUT2D eigenvalue weighted by Gasteiger charge is -2.37. The highest BCUT2D eigenvalue weighted by Gasteiger charge is 2.40. The van der Waals surface area contributed by atoms with Gasteiger partial charge in [0.05, 0.1) is 12.3 Å². The minimum absolute atomic E-state index is 0.0545. The first-order valence-electron chi connectivity index (χ1n) is 8.14. The Hall–Kier alpha value is -0.800. The van der Waals surface area contributed by atoms with Crippen LogP contribution in [0.5, 0.6) is 0 Å². The van der Waals surface area contributed by atoms with Crippen LogP contribution in [0.15, 0.2) is 0 Å². The molecular weight excluding hydrogens is 328 g/mol. The number of amides is 1. The van der Waals surface area contributed by atoms with Gasteiger partial charge in [-0.3, -0.25) is 9.69 Å². The third-order valence-corrected chi connectivity index (χ3v) is 6.46. The molecular formula is C14H25F2N3O3S. The molecule has 2 saturated heterocycles. The smallest absolute Gasteiger partial charge is 0.251 e. The van der Waals surface area contributed by atoms with Gasteiger partial charge < -0.3 is 4.90 Å². The van der Waals surface area contributed by atoms with Crippen molar-refractivity contribution in [3.05, 3.63) is 0 Å². The van der Waals surface area contributed by atoms with Crippen LogP contribution in [0.3, 0.4) is 0 Å². The number of piperazine rings is 1. The highest BCUT2D eigenvalue weighted by Crippen LogP contribution is 2.24.